The Balaban J connectivity index is 2.14. The van der Waals surface area contributed by atoms with Crippen LogP contribution >= 0.6 is 11.6 Å². The van der Waals surface area contributed by atoms with E-state index in [0.717, 1.165) is 0 Å². The normalized spacial score (nSPS) is 11.2. The van der Waals surface area contributed by atoms with Crippen LogP contribution in [-0.4, -0.2) is 11.9 Å². The molecule has 2 aromatic rings. The maximum absolute atomic E-state index is 12.3. The zero-order chi connectivity index (χ0) is 17.5. The molecular weight excluding hydrogens is 328 g/mol. The number of amides is 3. The highest BCUT2D eigenvalue weighted by atomic mass is 35.5. The quantitative estimate of drug-likeness (QED) is 0.777. The molecule has 0 aromatic heterocycles. The maximum Gasteiger partial charge on any atom is 0.312 e. The summed E-state index contributed by atoms with van der Waals surface area (Å²) in [6.07, 6.45) is -0.0521. The number of hydrogen-bond acceptors (Lipinski definition) is 3. The van der Waals surface area contributed by atoms with Gasteiger partial charge in [-0.15, -0.1) is 0 Å². The Morgan fingerprint density at radius 3 is 2.62 bits per heavy atom. The van der Waals surface area contributed by atoms with Gasteiger partial charge >= 0.3 is 6.03 Å². The summed E-state index contributed by atoms with van der Waals surface area (Å²) in [6.45, 7) is 0. The molecule has 4 N–H and O–H groups in total. The first kappa shape index (κ1) is 17.3. The van der Waals surface area contributed by atoms with Gasteiger partial charge in [-0.25, -0.2) is 4.79 Å². The lowest BCUT2D eigenvalue weighted by molar-refractivity contribution is -0.116. The van der Waals surface area contributed by atoms with Crippen LogP contribution in [0.3, 0.4) is 0 Å². The number of benzene rings is 2. The molecule has 2 aromatic carbocycles. The molecule has 0 saturated heterocycles. The number of carbonyl (C=O) groups is 2. The van der Waals surface area contributed by atoms with E-state index in [1.807, 2.05) is 6.07 Å². The van der Waals surface area contributed by atoms with Crippen LogP contribution in [0.1, 0.15) is 23.6 Å². The number of carbonyl (C=O) groups excluding carboxylic acids is 2. The van der Waals surface area contributed by atoms with Crippen LogP contribution < -0.4 is 16.4 Å². The largest absolute Gasteiger partial charge is 0.352 e. The zero-order valence-corrected chi connectivity index (χ0v) is 13.4. The topological polar surface area (TPSA) is 108 Å². The standard InChI is InChI=1S/C17H15ClN4O2/c18-14-7-2-1-6-13(14)15(22-17(20)24)9-16(23)21-12-5-3-4-11(8-12)10-19/h1-8,15H,9H2,(H,21,23)(H3,20,22,24)/t15-/m1/s1. The number of urea groups is 1. The van der Waals surface area contributed by atoms with Crippen molar-refractivity contribution in [3.05, 3.63) is 64.7 Å². The number of primary amides is 1. The van der Waals surface area contributed by atoms with Crippen molar-refractivity contribution in [2.24, 2.45) is 5.73 Å². The SMILES string of the molecule is N#Cc1cccc(NC(=O)C[C@@H](NC(N)=O)c2ccccc2Cl)c1. The number of nitrogens with zero attached hydrogens (tertiary/aromatic N) is 1. The molecule has 0 radical (unpaired) electrons. The first-order chi connectivity index (χ1) is 11.5. The number of rotatable bonds is 5. The maximum atomic E-state index is 12.3. The molecule has 0 aliphatic carbocycles. The first-order valence-corrected chi connectivity index (χ1v) is 7.48. The van der Waals surface area contributed by atoms with Crippen LogP contribution in [0.2, 0.25) is 5.02 Å². The van der Waals surface area contributed by atoms with Crippen molar-refractivity contribution in [3.8, 4) is 6.07 Å². The minimum Gasteiger partial charge on any atom is -0.352 e. The minimum absolute atomic E-state index is 0.0521. The van der Waals surface area contributed by atoms with Gasteiger partial charge in [-0.3, -0.25) is 4.79 Å². The van der Waals surface area contributed by atoms with Gasteiger partial charge < -0.3 is 16.4 Å². The van der Waals surface area contributed by atoms with Crippen LogP contribution in [-0.2, 0) is 4.79 Å². The Kier molecular flexibility index (Phi) is 5.77. The lowest BCUT2D eigenvalue weighted by Crippen LogP contribution is -2.35. The van der Waals surface area contributed by atoms with E-state index < -0.39 is 12.1 Å². The highest BCUT2D eigenvalue weighted by Crippen LogP contribution is 2.25. The second kappa shape index (κ2) is 7.99. The monoisotopic (exact) mass is 342 g/mol. The van der Waals surface area contributed by atoms with Crippen LogP contribution in [0.15, 0.2) is 48.5 Å². The number of hydrogen-bond donors (Lipinski definition) is 3. The summed E-state index contributed by atoms with van der Waals surface area (Å²) in [5, 5.41) is 14.5. The van der Waals surface area contributed by atoms with E-state index in [1.165, 1.54) is 0 Å². The molecule has 3 amide bonds. The predicted molar refractivity (Wildman–Crippen MR) is 91.3 cm³/mol. The molecule has 6 nitrogen and oxygen atoms in total. The van der Waals surface area contributed by atoms with Crippen molar-refractivity contribution >= 4 is 29.2 Å². The van der Waals surface area contributed by atoms with Crippen LogP contribution in [0.4, 0.5) is 10.5 Å². The van der Waals surface area contributed by atoms with E-state index in [-0.39, 0.29) is 12.3 Å². The van der Waals surface area contributed by atoms with Crippen molar-refractivity contribution in [1.29, 1.82) is 5.26 Å². The smallest absolute Gasteiger partial charge is 0.312 e. The van der Waals surface area contributed by atoms with Gasteiger partial charge in [0.25, 0.3) is 0 Å². The Hall–Kier alpha value is -3.04. The Morgan fingerprint density at radius 2 is 1.96 bits per heavy atom. The molecule has 0 heterocycles. The summed E-state index contributed by atoms with van der Waals surface area (Å²) in [5.41, 5.74) is 6.71. The third-order valence-electron chi connectivity index (χ3n) is 3.26. The molecule has 0 bridgehead atoms. The summed E-state index contributed by atoms with van der Waals surface area (Å²) in [7, 11) is 0. The van der Waals surface area contributed by atoms with E-state index in [9.17, 15) is 9.59 Å². The van der Waals surface area contributed by atoms with Gasteiger partial charge in [-0.2, -0.15) is 5.26 Å². The highest BCUT2D eigenvalue weighted by molar-refractivity contribution is 6.31. The fraction of sp³-hybridized carbons (Fsp3) is 0.118. The number of nitrogens with two attached hydrogens (primary N) is 1. The van der Waals surface area contributed by atoms with E-state index in [1.54, 1.807) is 48.5 Å². The van der Waals surface area contributed by atoms with E-state index in [2.05, 4.69) is 10.6 Å². The number of nitriles is 1. The second-order valence-corrected chi connectivity index (χ2v) is 5.43. The fourth-order valence-electron chi connectivity index (χ4n) is 2.23. The van der Waals surface area contributed by atoms with E-state index in [4.69, 9.17) is 22.6 Å². The molecular formula is C17H15ClN4O2. The Labute approximate surface area is 144 Å². The van der Waals surface area contributed by atoms with E-state index >= 15 is 0 Å². The zero-order valence-electron chi connectivity index (χ0n) is 12.6. The first-order valence-electron chi connectivity index (χ1n) is 7.10. The average molecular weight is 343 g/mol. The molecule has 0 aliphatic heterocycles. The Morgan fingerprint density at radius 1 is 1.21 bits per heavy atom. The minimum atomic E-state index is -0.751. The molecule has 24 heavy (non-hydrogen) atoms. The molecule has 2 rings (SSSR count). The molecule has 122 valence electrons. The predicted octanol–water partition coefficient (Wildman–Crippen LogP) is 2.95. The summed E-state index contributed by atoms with van der Waals surface area (Å²) in [6, 6.07) is 14.0. The average Bonchev–Trinajstić information content (AvgIpc) is 2.54. The number of nitrogens with one attached hydrogen (secondary N) is 2. The lowest BCUT2D eigenvalue weighted by Gasteiger charge is -2.19. The van der Waals surface area contributed by atoms with Gasteiger partial charge in [0.2, 0.25) is 5.91 Å². The third kappa shape index (κ3) is 4.73. The van der Waals surface area contributed by atoms with Crippen molar-refractivity contribution in [2.45, 2.75) is 12.5 Å². The van der Waals surface area contributed by atoms with Crippen LogP contribution in [0.25, 0.3) is 0 Å². The molecule has 0 aliphatic rings. The van der Waals surface area contributed by atoms with Gasteiger partial charge in [-0.05, 0) is 29.8 Å². The van der Waals surface area contributed by atoms with Crippen molar-refractivity contribution in [2.75, 3.05) is 5.32 Å². The van der Waals surface area contributed by atoms with Gasteiger partial charge in [0, 0.05) is 10.7 Å². The summed E-state index contributed by atoms with van der Waals surface area (Å²) in [5.74, 6) is -0.344. The Bertz CT molecular complexity index is 801. The highest BCUT2D eigenvalue weighted by Gasteiger charge is 2.19. The van der Waals surface area contributed by atoms with Crippen LogP contribution in [0, 0.1) is 11.3 Å². The molecule has 0 fully saturated rings. The van der Waals surface area contributed by atoms with Gasteiger partial charge in [0.05, 0.1) is 24.1 Å². The second-order valence-electron chi connectivity index (χ2n) is 5.03. The van der Waals surface area contributed by atoms with Crippen molar-refractivity contribution in [3.63, 3.8) is 0 Å². The molecule has 0 saturated carbocycles. The number of halogens is 1. The molecule has 7 heteroatoms. The van der Waals surface area contributed by atoms with Gasteiger partial charge in [0.15, 0.2) is 0 Å². The molecule has 0 unspecified atom stereocenters. The summed E-state index contributed by atoms with van der Waals surface area (Å²) < 4.78 is 0. The van der Waals surface area contributed by atoms with Crippen LogP contribution in [0.5, 0.6) is 0 Å². The summed E-state index contributed by atoms with van der Waals surface area (Å²) in [4.78, 5) is 23.5. The van der Waals surface area contributed by atoms with Gasteiger partial charge in [-0.1, -0.05) is 35.9 Å². The fourth-order valence-corrected chi connectivity index (χ4v) is 2.50. The third-order valence-corrected chi connectivity index (χ3v) is 3.61. The lowest BCUT2D eigenvalue weighted by atomic mass is 10.0. The molecule has 0 spiro atoms. The van der Waals surface area contributed by atoms with Crippen molar-refractivity contribution < 1.29 is 9.59 Å². The van der Waals surface area contributed by atoms with Crippen molar-refractivity contribution in [1.82, 2.24) is 5.32 Å². The number of anilines is 1. The summed E-state index contributed by atoms with van der Waals surface area (Å²) >= 11 is 6.13. The van der Waals surface area contributed by atoms with E-state index in [0.29, 0.717) is 21.8 Å². The molecule has 1 atom stereocenters. The van der Waals surface area contributed by atoms with Gasteiger partial charge in [0.1, 0.15) is 0 Å².